The van der Waals surface area contributed by atoms with Crippen LogP contribution in [0.5, 0.6) is 0 Å². The van der Waals surface area contributed by atoms with Gasteiger partial charge in [0.25, 0.3) is 0 Å². The summed E-state index contributed by atoms with van der Waals surface area (Å²) in [5.74, 6) is -1.76. The van der Waals surface area contributed by atoms with Crippen molar-refractivity contribution >= 4 is 17.6 Å². The second-order valence-electron chi connectivity index (χ2n) is 4.02. The van der Waals surface area contributed by atoms with Crippen LogP contribution in [-0.4, -0.2) is 11.1 Å². The van der Waals surface area contributed by atoms with Crippen molar-refractivity contribution < 1.29 is 14.3 Å². The number of halogens is 2. The van der Waals surface area contributed by atoms with Crippen LogP contribution in [0.2, 0.25) is 5.02 Å². The molecule has 0 aromatic heterocycles. The van der Waals surface area contributed by atoms with Crippen molar-refractivity contribution in [1.29, 1.82) is 0 Å². The van der Waals surface area contributed by atoms with Crippen molar-refractivity contribution in [3.63, 3.8) is 0 Å². The van der Waals surface area contributed by atoms with Gasteiger partial charge in [0.15, 0.2) is 0 Å². The molecule has 0 saturated carbocycles. The van der Waals surface area contributed by atoms with Crippen LogP contribution in [-0.2, 0) is 0 Å². The first-order valence-corrected chi connectivity index (χ1v) is 5.65. The maximum absolute atomic E-state index is 13.4. The molecule has 0 saturated heterocycles. The molecule has 2 rings (SSSR count). The van der Waals surface area contributed by atoms with E-state index in [0.717, 1.165) is 11.6 Å². The van der Waals surface area contributed by atoms with Gasteiger partial charge >= 0.3 is 5.97 Å². The maximum Gasteiger partial charge on any atom is 0.335 e. The number of hydrogen-bond acceptors (Lipinski definition) is 1. The van der Waals surface area contributed by atoms with Gasteiger partial charge in [0, 0.05) is 10.6 Å². The molecule has 2 aromatic rings. The summed E-state index contributed by atoms with van der Waals surface area (Å²) >= 11 is 6.08. The first kappa shape index (κ1) is 12.6. The highest BCUT2D eigenvalue weighted by Gasteiger charge is 2.10. The summed E-state index contributed by atoms with van der Waals surface area (Å²) in [5.41, 5.74) is 1.96. The lowest BCUT2D eigenvalue weighted by Crippen LogP contribution is -1.97. The number of rotatable bonds is 2. The quantitative estimate of drug-likeness (QED) is 0.885. The van der Waals surface area contributed by atoms with Gasteiger partial charge in [-0.2, -0.15) is 0 Å². The molecule has 92 valence electrons. The number of hydrogen-bond donors (Lipinski definition) is 1. The van der Waals surface area contributed by atoms with Crippen LogP contribution in [0, 0.1) is 12.7 Å². The zero-order valence-electron chi connectivity index (χ0n) is 9.58. The topological polar surface area (TPSA) is 37.3 Å². The third kappa shape index (κ3) is 2.51. The minimum atomic E-state index is -1.17. The van der Waals surface area contributed by atoms with Gasteiger partial charge in [-0.15, -0.1) is 0 Å². The molecule has 0 spiro atoms. The lowest BCUT2D eigenvalue weighted by atomic mass is 10.0. The molecule has 0 aliphatic rings. The SMILES string of the molecule is Cc1ccc(-c2cc(F)cc(C(=O)O)c2)c(Cl)c1. The number of carbonyl (C=O) groups is 1. The maximum atomic E-state index is 13.4. The fourth-order valence-corrected chi connectivity index (χ4v) is 2.07. The average Bonchev–Trinajstić information content (AvgIpc) is 2.27. The smallest absolute Gasteiger partial charge is 0.335 e. The number of aryl methyl sites for hydroxylation is 1. The van der Waals surface area contributed by atoms with E-state index in [-0.39, 0.29) is 5.56 Å². The summed E-state index contributed by atoms with van der Waals surface area (Å²) in [7, 11) is 0. The Hall–Kier alpha value is -1.87. The Morgan fingerprint density at radius 1 is 1.22 bits per heavy atom. The summed E-state index contributed by atoms with van der Waals surface area (Å²) in [6, 6.07) is 8.99. The van der Waals surface area contributed by atoms with Crippen molar-refractivity contribution in [3.8, 4) is 11.1 Å². The lowest BCUT2D eigenvalue weighted by Gasteiger charge is -2.07. The van der Waals surface area contributed by atoms with E-state index in [4.69, 9.17) is 16.7 Å². The minimum absolute atomic E-state index is 0.0957. The van der Waals surface area contributed by atoms with E-state index >= 15 is 0 Å². The Morgan fingerprint density at radius 3 is 2.56 bits per heavy atom. The fraction of sp³-hybridized carbons (Fsp3) is 0.0714. The molecule has 0 aliphatic heterocycles. The highest BCUT2D eigenvalue weighted by atomic mass is 35.5. The normalized spacial score (nSPS) is 10.4. The third-order valence-corrected chi connectivity index (χ3v) is 2.89. The molecule has 0 aliphatic carbocycles. The Morgan fingerprint density at radius 2 is 1.94 bits per heavy atom. The number of aromatic carboxylic acids is 1. The summed E-state index contributed by atoms with van der Waals surface area (Å²) in [6.07, 6.45) is 0. The first-order chi connectivity index (χ1) is 8.47. The second-order valence-corrected chi connectivity index (χ2v) is 4.42. The molecular weight excluding hydrogens is 255 g/mol. The van der Waals surface area contributed by atoms with E-state index in [1.165, 1.54) is 12.1 Å². The highest BCUT2D eigenvalue weighted by molar-refractivity contribution is 6.33. The summed E-state index contributed by atoms with van der Waals surface area (Å²) < 4.78 is 13.4. The predicted molar refractivity (Wildman–Crippen MR) is 68.5 cm³/mol. The number of benzene rings is 2. The zero-order valence-corrected chi connectivity index (χ0v) is 10.3. The Kier molecular flexibility index (Phi) is 3.34. The molecule has 0 atom stereocenters. The Balaban J connectivity index is 2.60. The summed E-state index contributed by atoms with van der Waals surface area (Å²) in [6.45, 7) is 1.89. The van der Waals surface area contributed by atoms with Gasteiger partial charge in [0.2, 0.25) is 0 Å². The summed E-state index contributed by atoms with van der Waals surface area (Å²) in [4.78, 5) is 10.9. The molecule has 2 aromatic carbocycles. The summed E-state index contributed by atoms with van der Waals surface area (Å²) in [5, 5.41) is 9.36. The highest BCUT2D eigenvalue weighted by Crippen LogP contribution is 2.30. The Bertz CT molecular complexity index is 623. The van der Waals surface area contributed by atoms with Crippen molar-refractivity contribution in [2.75, 3.05) is 0 Å². The largest absolute Gasteiger partial charge is 0.478 e. The molecular formula is C14H10ClFO2. The van der Waals surface area contributed by atoms with Crippen LogP contribution in [0.3, 0.4) is 0 Å². The van der Waals surface area contributed by atoms with Gasteiger partial charge in [-0.1, -0.05) is 23.7 Å². The van der Waals surface area contributed by atoms with Gasteiger partial charge in [0.1, 0.15) is 5.82 Å². The Labute approximate surface area is 109 Å². The molecule has 18 heavy (non-hydrogen) atoms. The number of carboxylic acid groups (broad SMARTS) is 1. The van der Waals surface area contributed by atoms with Crippen LogP contribution in [0.15, 0.2) is 36.4 Å². The molecule has 0 amide bonds. The molecule has 0 heterocycles. The third-order valence-electron chi connectivity index (χ3n) is 2.58. The molecule has 0 unspecified atom stereocenters. The van der Waals surface area contributed by atoms with Crippen LogP contribution in [0.1, 0.15) is 15.9 Å². The van der Waals surface area contributed by atoms with Gasteiger partial charge < -0.3 is 5.11 Å². The van der Waals surface area contributed by atoms with E-state index in [1.807, 2.05) is 13.0 Å². The van der Waals surface area contributed by atoms with E-state index in [1.54, 1.807) is 12.1 Å². The standard InChI is InChI=1S/C14H10ClFO2/c1-8-2-3-12(13(15)4-8)9-5-10(14(17)18)7-11(16)6-9/h2-7H,1H3,(H,17,18). The molecule has 2 nitrogen and oxygen atoms in total. The van der Waals surface area contributed by atoms with Gasteiger partial charge in [0.05, 0.1) is 5.56 Å². The van der Waals surface area contributed by atoms with E-state index in [9.17, 15) is 9.18 Å². The van der Waals surface area contributed by atoms with Crippen LogP contribution in [0.4, 0.5) is 4.39 Å². The van der Waals surface area contributed by atoms with Crippen LogP contribution >= 0.6 is 11.6 Å². The minimum Gasteiger partial charge on any atom is -0.478 e. The fourth-order valence-electron chi connectivity index (χ4n) is 1.72. The molecule has 0 fully saturated rings. The van der Waals surface area contributed by atoms with Crippen LogP contribution in [0.25, 0.3) is 11.1 Å². The molecule has 0 radical (unpaired) electrons. The number of carboxylic acids is 1. The average molecular weight is 265 g/mol. The van der Waals surface area contributed by atoms with Gasteiger partial charge in [-0.25, -0.2) is 9.18 Å². The van der Waals surface area contributed by atoms with Crippen molar-refractivity contribution in [3.05, 3.63) is 58.4 Å². The monoisotopic (exact) mass is 264 g/mol. The molecule has 1 N–H and O–H groups in total. The van der Waals surface area contributed by atoms with Crippen molar-refractivity contribution in [1.82, 2.24) is 0 Å². The lowest BCUT2D eigenvalue weighted by molar-refractivity contribution is 0.0696. The van der Waals surface area contributed by atoms with Crippen molar-refractivity contribution in [2.24, 2.45) is 0 Å². The second kappa shape index (κ2) is 4.78. The van der Waals surface area contributed by atoms with E-state index in [2.05, 4.69) is 0 Å². The van der Waals surface area contributed by atoms with Gasteiger partial charge in [-0.3, -0.25) is 0 Å². The molecule has 0 bridgehead atoms. The van der Waals surface area contributed by atoms with Crippen LogP contribution < -0.4 is 0 Å². The van der Waals surface area contributed by atoms with Crippen molar-refractivity contribution in [2.45, 2.75) is 6.92 Å². The predicted octanol–water partition coefficient (Wildman–Crippen LogP) is 4.15. The van der Waals surface area contributed by atoms with E-state index < -0.39 is 11.8 Å². The molecule has 4 heteroatoms. The first-order valence-electron chi connectivity index (χ1n) is 5.28. The zero-order chi connectivity index (χ0) is 13.3. The van der Waals surface area contributed by atoms with E-state index in [0.29, 0.717) is 16.1 Å². The van der Waals surface area contributed by atoms with Gasteiger partial charge in [-0.05, 0) is 42.3 Å².